The number of aromatic nitrogens is 1. The molecular weight excluding hydrogens is 302 g/mol. The Morgan fingerprint density at radius 2 is 1.88 bits per heavy atom. The van der Waals surface area contributed by atoms with Crippen molar-refractivity contribution in [2.24, 2.45) is 11.7 Å². The van der Waals surface area contributed by atoms with Crippen molar-refractivity contribution in [2.75, 3.05) is 14.1 Å². The maximum absolute atomic E-state index is 11.9. The number of primary amides is 1. The number of amides is 1. The molecule has 1 amide bonds. The number of benzene rings is 1. The molecule has 1 aromatic heterocycles. The van der Waals surface area contributed by atoms with Crippen LogP contribution in [0.1, 0.15) is 17.5 Å². The van der Waals surface area contributed by atoms with Gasteiger partial charge in [0.1, 0.15) is 5.75 Å². The lowest BCUT2D eigenvalue weighted by atomic mass is 9.89. The summed E-state index contributed by atoms with van der Waals surface area (Å²) in [6.45, 7) is 0. The van der Waals surface area contributed by atoms with Gasteiger partial charge in [0.2, 0.25) is 5.91 Å². The highest BCUT2D eigenvalue weighted by atomic mass is 16.3. The summed E-state index contributed by atoms with van der Waals surface area (Å²) < 4.78 is 0. The second-order valence-corrected chi connectivity index (χ2v) is 6.39. The Balaban J connectivity index is 2.08. The summed E-state index contributed by atoms with van der Waals surface area (Å²) in [7, 11) is 4.01. The zero-order valence-electron chi connectivity index (χ0n) is 14.2. The van der Waals surface area contributed by atoms with Gasteiger partial charge in [-0.05, 0) is 62.7 Å². The quantitative estimate of drug-likeness (QED) is 0.777. The van der Waals surface area contributed by atoms with E-state index in [0.717, 1.165) is 17.5 Å². The third kappa shape index (κ3) is 5.35. The van der Waals surface area contributed by atoms with Gasteiger partial charge in [0.15, 0.2) is 0 Å². The summed E-state index contributed by atoms with van der Waals surface area (Å²) in [5.74, 6) is -0.262. The summed E-state index contributed by atoms with van der Waals surface area (Å²) in [4.78, 5) is 18.1. The second-order valence-electron chi connectivity index (χ2n) is 6.39. The van der Waals surface area contributed by atoms with Gasteiger partial charge in [0.25, 0.3) is 0 Å². The van der Waals surface area contributed by atoms with Crippen LogP contribution in [0.25, 0.3) is 0 Å². The molecule has 0 spiro atoms. The van der Waals surface area contributed by atoms with Crippen molar-refractivity contribution in [1.82, 2.24) is 9.88 Å². The Morgan fingerprint density at radius 1 is 1.17 bits per heavy atom. The standard InChI is InChI=1S/C19H25N3O2/c1-22(2)17(11-14-5-7-18(23)8-6-14)12-16(19(20)24)10-15-4-3-9-21-13-15/h3-9,13,16-17,23H,10-12H2,1-2H3,(H2,20,24)/t16?,17-/m1/s1. The number of rotatable bonds is 8. The van der Waals surface area contributed by atoms with Gasteiger partial charge >= 0.3 is 0 Å². The van der Waals surface area contributed by atoms with E-state index >= 15 is 0 Å². The predicted molar refractivity (Wildman–Crippen MR) is 94.5 cm³/mol. The molecule has 0 aliphatic rings. The molecular formula is C19H25N3O2. The summed E-state index contributed by atoms with van der Waals surface area (Å²) in [5.41, 5.74) is 7.77. The van der Waals surface area contributed by atoms with Gasteiger partial charge in [0, 0.05) is 24.4 Å². The lowest BCUT2D eigenvalue weighted by Crippen LogP contribution is -2.36. The van der Waals surface area contributed by atoms with Crippen LogP contribution in [0.2, 0.25) is 0 Å². The molecule has 0 saturated heterocycles. The molecule has 1 aromatic carbocycles. The summed E-state index contributed by atoms with van der Waals surface area (Å²) in [6, 6.07) is 11.2. The Morgan fingerprint density at radius 3 is 2.42 bits per heavy atom. The van der Waals surface area contributed by atoms with Crippen LogP contribution in [-0.2, 0) is 17.6 Å². The monoisotopic (exact) mass is 327 g/mol. The van der Waals surface area contributed by atoms with E-state index in [1.807, 2.05) is 38.4 Å². The third-order valence-corrected chi connectivity index (χ3v) is 4.30. The van der Waals surface area contributed by atoms with Crippen LogP contribution in [0.3, 0.4) is 0 Å². The van der Waals surface area contributed by atoms with E-state index in [1.165, 1.54) is 0 Å². The van der Waals surface area contributed by atoms with Gasteiger partial charge in [-0.3, -0.25) is 9.78 Å². The molecule has 0 radical (unpaired) electrons. The highest BCUT2D eigenvalue weighted by molar-refractivity contribution is 5.77. The van der Waals surface area contributed by atoms with E-state index in [0.29, 0.717) is 12.8 Å². The first-order chi connectivity index (χ1) is 11.5. The fourth-order valence-corrected chi connectivity index (χ4v) is 2.81. The molecule has 1 heterocycles. The van der Waals surface area contributed by atoms with Crippen LogP contribution < -0.4 is 5.73 Å². The van der Waals surface area contributed by atoms with Crippen molar-refractivity contribution in [3.05, 3.63) is 59.9 Å². The number of aromatic hydroxyl groups is 1. The SMILES string of the molecule is CN(C)[C@H](Cc1ccc(O)cc1)CC(Cc1cccnc1)C(N)=O. The molecule has 0 aliphatic heterocycles. The van der Waals surface area contributed by atoms with Crippen LogP contribution in [0.5, 0.6) is 5.75 Å². The average molecular weight is 327 g/mol. The van der Waals surface area contributed by atoms with Crippen molar-refractivity contribution in [2.45, 2.75) is 25.3 Å². The number of likely N-dealkylation sites (N-methyl/N-ethyl adjacent to an activating group) is 1. The maximum Gasteiger partial charge on any atom is 0.220 e. The zero-order valence-corrected chi connectivity index (χ0v) is 14.2. The first-order valence-corrected chi connectivity index (χ1v) is 8.08. The van der Waals surface area contributed by atoms with Gasteiger partial charge in [-0.2, -0.15) is 0 Å². The van der Waals surface area contributed by atoms with Crippen molar-refractivity contribution < 1.29 is 9.90 Å². The van der Waals surface area contributed by atoms with Crippen LogP contribution >= 0.6 is 0 Å². The molecule has 3 N–H and O–H groups in total. The molecule has 24 heavy (non-hydrogen) atoms. The highest BCUT2D eigenvalue weighted by Gasteiger charge is 2.23. The Hall–Kier alpha value is -2.40. The number of carbonyl (C=O) groups is 1. The first-order valence-electron chi connectivity index (χ1n) is 8.08. The number of phenols is 1. The summed E-state index contributed by atoms with van der Waals surface area (Å²) in [5, 5.41) is 9.40. The molecule has 0 saturated carbocycles. The number of nitrogens with zero attached hydrogens (tertiary/aromatic N) is 2. The molecule has 5 heteroatoms. The number of hydrogen-bond donors (Lipinski definition) is 2. The second kappa shape index (κ2) is 8.45. The van der Waals surface area contributed by atoms with Crippen molar-refractivity contribution in [3.63, 3.8) is 0 Å². The number of phenolic OH excluding ortho intramolecular Hbond substituents is 1. The van der Waals surface area contributed by atoms with Gasteiger partial charge in [-0.15, -0.1) is 0 Å². The number of carbonyl (C=O) groups excluding carboxylic acids is 1. The topological polar surface area (TPSA) is 79.4 Å². The minimum absolute atomic E-state index is 0.184. The Kier molecular flexibility index (Phi) is 6.32. The number of pyridine rings is 1. The van der Waals surface area contributed by atoms with E-state index in [9.17, 15) is 9.90 Å². The summed E-state index contributed by atoms with van der Waals surface area (Å²) in [6.07, 6.45) is 5.57. The molecule has 2 atom stereocenters. The lowest BCUT2D eigenvalue weighted by Gasteiger charge is -2.27. The van der Waals surface area contributed by atoms with E-state index in [4.69, 9.17) is 5.73 Å². The van der Waals surface area contributed by atoms with Gasteiger partial charge < -0.3 is 15.7 Å². The largest absolute Gasteiger partial charge is 0.508 e. The van der Waals surface area contributed by atoms with Crippen LogP contribution in [0.4, 0.5) is 0 Å². The normalized spacial score (nSPS) is 13.6. The van der Waals surface area contributed by atoms with Crippen molar-refractivity contribution in [3.8, 4) is 5.75 Å². The molecule has 2 aromatic rings. The van der Waals surface area contributed by atoms with Crippen LogP contribution in [0, 0.1) is 5.92 Å². The number of hydrogen-bond acceptors (Lipinski definition) is 4. The van der Waals surface area contributed by atoms with E-state index in [1.54, 1.807) is 24.5 Å². The zero-order chi connectivity index (χ0) is 17.5. The van der Waals surface area contributed by atoms with Gasteiger partial charge in [-0.1, -0.05) is 18.2 Å². The molecule has 2 rings (SSSR count). The first kappa shape index (κ1) is 17.9. The minimum Gasteiger partial charge on any atom is -0.508 e. The van der Waals surface area contributed by atoms with Gasteiger partial charge in [0.05, 0.1) is 0 Å². The highest BCUT2D eigenvalue weighted by Crippen LogP contribution is 2.20. The summed E-state index contributed by atoms with van der Waals surface area (Å²) >= 11 is 0. The molecule has 0 bridgehead atoms. The molecule has 5 nitrogen and oxygen atoms in total. The predicted octanol–water partition coefficient (Wildman–Crippen LogP) is 1.99. The van der Waals surface area contributed by atoms with Crippen LogP contribution in [0.15, 0.2) is 48.8 Å². The van der Waals surface area contributed by atoms with E-state index < -0.39 is 0 Å². The number of nitrogens with two attached hydrogens (primary N) is 1. The average Bonchev–Trinajstić information content (AvgIpc) is 2.56. The Bertz CT molecular complexity index is 641. The van der Waals surface area contributed by atoms with Crippen LogP contribution in [-0.4, -0.2) is 41.0 Å². The molecule has 1 unspecified atom stereocenters. The van der Waals surface area contributed by atoms with Crippen molar-refractivity contribution >= 4 is 5.91 Å². The smallest absolute Gasteiger partial charge is 0.220 e. The fraction of sp³-hybridized carbons (Fsp3) is 0.368. The van der Waals surface area contributed by atoms with Crippen molar-refractivity contribution in [1.29, 1.82) is 0 Å². The molecule has 0 aliphatic carbocycles. The van der Waals surface area contributed by atoms with Gasteiger partial charge in [-0.25, -0.2) is 0 Å². The fourth-order valence-electron chi connectivity index (χ4n) is 2.81. The van der Waals surface area contributed by atoms with E-state index in [-0.39, 0.29) is 23.6 Å². The van der Waals surface area contributed by atoms with E-state index in [2.05, 4.69) is 9.88 Å². The molecule has 128 valence electrons. The Labute approximate surface area is 143 Å². The third-order valence-electron chi connectivity index (χ3n) is 4.30. The minimum atomic E-state index is -0.281. The lowest BCUT2D eigenvalue weighted by molar-refractivity contribution is -0.122. The molecule has 0 fully saturated rings. The maximum atomic E-state index is 11.9.